The SMILES string of the molecule is CCOCCS(=O)(=O)NCC(=O)N1CCC(Nc2ccc3nccn3n2)C1. The molecule has 3 heterocycles. The lowest BCUT2D eigenvalue weighted by Gasteiger charge is -2.17. The van der Waals surface area contributed by atoms with Crippen molar-refractivity contribution in [2.45, 2.75) is 19.4 Å². The van der Waals surface area contributed by atoms with E-state index in [1.165, 1.54) is 0 Å². The van der Waals surface area contributed by atoms with Crippen LogP contribution in [0.1, 0.15) is 13.3 Å². The molecular formula is C16H24N6O4S. The molecule has 2 N–H and O–H groups in total. The standard InChI is InChI=1S/C16H24N6O4S/c1-2-26-9-10-27(24,25)18-11-16(23)21-7-5-13(12-21)19-14-3-4-15-17-6-8-22(15)20-14/h3-4,6,8,13,18H,2,5,7,9-12H2,1H3,(H,19,20). The Morgan fingerprint density at radius 3 is 3.07 bits per heavy atom. The number of nitrogens with zero attached hydrogens (tertiary/aromatic N) is 4. The van der Waals surface area contributed by atoms with Gasteiger partial charge in [0.1, 0.15) is 5.82 Å². The molecule has 0 spiro atoms. The molecule has 2 aromatic heterocycles. The number of carbonyl (C=O) groups is 1. The number of anilines is 1. The summed E-state index contributed by atoms with van der Waals surface area (Å²) >= 11 is 0. The number of sulfonamides is 1. The van der Waals surface area contributed by atoms with Gasteiger partial charge in [0.15, 0.2) is 5.65 Å². The zero-order valence-corrected chi connectivity index (χ0v) is 16.0. The minimum atomic E-state index is -3.51. The van der Waals surface area contributed by atoms with Gasteiger partial charge in [0, 0.05) is 38.1 Å². The monoisotopic (exact) mass is 396 g/mol. The lowest BCUT2D eigenvalue weighted by molar-refractivity contribution is -0.128. The van der Waals surface area contributed by atoms with Crippen LogP contribution in [0, 0.1) is 0 Å². The van der Waals surface area contributed by atoms with Crippen molar-refractivity contribution in [3.63, 3.8) is 0 Å². The van der Waals surface area contributed by atoms with Crippen molar-refractivity contribution < 1.29 is 17.9 Å². The van der Waals surface area contributed by atoms with Crippen LogP contribution in [0.4, 0.5) is 5.82 Å². The molecular weight excluding hydrogens is 372 g/mol. The maximum atomic E-state index is 12.3. The molecule has 0 aromatic carbocycles. The number of amides is 1. The van der Waals surface area contributed by atoms with Crippen LogP contribution in [0.25, 0.3) is 5.65 Å². The van der Waals surface area contributed by atoms with Gasteiger partial charge in [0.05, 0.1) is 18.9 Å². The molecule has 2 aromatic rings. The van der Waals surface area contributed by atoms with E-state index in [1.54, 1.807) is 28.7 Å². The van der Waals surface area contributed by atoms with Gasteiger partial charge < -0.3 is 15.0 Å². The van der Waals surface area contributed by atoms with Crippen LogP contribution >= 0.6 is 0 Å². The molecule has 1 fully saturated rings. The van der Waals surface area contributed by atoms with Crippen LogP contribution in [0.5, 0.6) is 0 Å². The molecule has 148 valence electrons. The maximum absolute atomic E-state index is 12.3. The predicted molar refractivity (Wildman–Crippen MR) is 99.9 cm³/mol. The topological polar surface area (TPSA) is 118 Å². The molecule has 10 nitrogen and oxygen atoms in total. The first-order chi connectivity index (χ1) is 13.0. The van der Waals surface area contributed by atoms with Crippen molar-refractivity contribution in [3.05, 3.63) is 24.5 Å². The Hall–Kier alpha value is -2.24. The van der Waals surface area contributed by atoms with Crippen molar-refractivity contribution >= 4 is 27.4 Å². The molecule has 0 saturated carbocycles. The Balaban J connectivity index is 1.46. The van der Waals surface area contributed by atoms with Crippen LogP contribution in [0.3, 0.4) is 0 Å². The molecule has 1 saturated heterocycles. The zero-order chi connectivity index (χ0) is 19.3. The second-order valence-corrected chi connectivity index (χ2v) is 8.18. The maximum Gasteiger partial charge on any atom is 0.237 e. The summed E-state index contributed by atoms with van der Waals surface area (Å²) in [5, 5.41) is 7.71. The van der Waals surface area contributed by atoms with Crippen LogP contribution in [-0.4, -0.2) is 78.5 Å². The van der Waals surface area contributed by atoms with E-state index in [0.717, 1.165) is 12.1 Å². The molecule has 11 heteroatoms. The summed E-state index contributed by atoms with van der Waals surface area (Å²) in [6.45, 7) is 3.21. The summed E-state index contributed by atoms with van der Waals surface area (Å²) in [4.78, 5) is 18.1. The summed E-state index contributed by atoms with van der Waals surface area (Å²) in [6, 6.07) is 3.78. The van der Waals surface area contributed by atoms with Crippen LogP contribution in [0.2, 0.25) is 0 Å². The number of hydrogen-bond acceptors (Lipinski definition) is 7. The third-order valence-corrected chi connectivity index (χ3v) is 5.58. The molecule has 1 unspecified atom stereocenters. The number of imidazole rings is 1. The number of aromatic nitrogens is 3. The first-order valence-corrected chi connectivity index (χ1v) is 10.5. The Labute approximate surface area is 157 Å². The summed E-state index contributed by atoms with van der Waals surface area (Å²) in [5.41, 5.74) is 0.764. The van der Waals surface area contributed by atoms with Gasteiger partial charge in [-0.05, 0) is 25.5 Å². The fourth-order valence-electron chi connectivity index (χ4n) is 2.87. The number of ether oxygens (including phenoxy) is 1. The molecule has 1 aliphatic heterocycles. The number of likely N-dealkylation sites (tertiary alicyclic amines) is 1. The van der Waals surface area contributed by atoms with Crippen LogP contribution in [-0.2, 0) is 19.6 Å². The van der Waals surface area contributed by atoms with E-state index in [2.05, 4.69) is 20.1 Å². The lowest BCUT2D eigenvalue weighted by atomic mass is 10.2. The highest BCUT2D eigenvalue weighted by molar-refractivity contribution is 7.89. The van der Waals surface area contributed by atoms with Crippen LogP contribution < -0.4 is 10.0 Å². The average Bonchev–Trinajstić information content (AvgIpc) is 3.29. The molecule has 1 atom stereocenters. The summed E-state index contributed by atoms with van der Waals surface area (Å²) in [6.07, 6.45) is 4.21. The molecule has 3 rings (SSSR count). The second-order valence-electron chi connectivity index (χ2n) is 6.26. The largest absolute Gasteiger partial charge is 0.381 e. The van der Waals surface area contributed by atoms with E-state index in [4.69, 9.17) is 4.74 Å². The van der Waals surface area contributed by atoms with E-state index < -0.39 is 10.0 Å². The van der Waals surface area contributed by atoms with E-state index in [0.29, 0.717) is 25.5 Å². The number of nitrogens with one attached hydrogen (secondary N) is 2. The van der Waals surface area contributed by atoms with E-state index in [9.17, 15) is 13.2 Å². The number of rotatable bonds is 9. The van der Waals surface area contributed by atoms with Crippen LogP contribution in [0.15, 0.2) is 24.5 Å². The molecule has 1 aliphatic rings. The van der Waals surface area contributed by atoms with Crippen molar-refractivity contribution in [2.24, 2.45) is 0 Å². The number of hydrogen-bond donors (Lipinski definition) is 2. The Morgan fingerprint density at radius 2 is 2.26 bits per heavy atom. The highest BCUT2D eigenvalue weighted by Gasteiger charge is 2.27. The summed E-state index contributed by atoms with van der Waals surface area (Å²) < 4.78 is 32.7. The van der Waals surface area contributed by atoms with Gasteiger partial charge in [0.25, 0.3) is 0 Å². The van der Waals surface area contributed by atoms with Gasteiger partial charge >= 0.3 is 0 Å². The average molecular weight is 396 g/mol. The minimum absolute atomic E-state index is 0.0667. The lowest BCUT2D eigenvalue weighted by Crippen LogP contribution is -2.41. The van der Waals surface area contributed by atoms with E-state index in [-0.39, 0.29) is 30.9 Å². The quantitative estimate of drug-likeness (QED) is 0.559. The van der Waals surface area contributed by atoms with E-state index >= 15 is 0 Å². The van der Waals surface area contributed by atoms with Gasteiger partial charge in [-0.2, -0.15) is 0 Å². The van der Waals surface area contributed by atoms with E-state index in [1.807, 2.05) is 12.1 Å². The Bertz CT molecular complexity index is 884. The third kappa shape index (κ3) is 5.37. The molecule has 27 heavy (non-hydrogen) atoms. The first-order valence-electron chi connectivity index (χ1n) is 8.86. The third-order valence-electron chi connectivity index (χ3n) is 4.29. The minimum Gasteiger partial charge on any atom is -0.381 e. The van der Waals surface area contributed by atoms with Crippen molar-refractivity contribution in [2.75, 3.05) is 43.9 Å². The fourth-order valence-corrected chi connectivity index (χ4v) is 3.70. The van der Waals surface area contributed by atoms with Gasteiger partial charge in [0.2, 0.25) is 15.9 Å². The molecule has 0 bridgehead atoms. The zero-order valence-electron chi connectivity index (χ0n) is 15.2. The normalized spacial score (nSPS) is 17.5. The number of carbonyl (C=O) groups excluding carboxylic acids is 1. The van der Waals surface area contributed by atoms with Gasteiger partial charge in [-0.1, -0.05) is 0 Å². The second kappa shape index (κ2) is 8.63. The summed E-state index contributed by atoms with van der Waals surface area (Å²) in [5.74, 6) is 0.314. The Morgan fingerprint density at radius 1 is 1.41 bits per heavy atom. The summed E-state index contributed by atoms with van der Waals surface area (Å²) in [7, 11) is -3.51. The highest BCUT2D eigenvalue weighted by Crippen LogP contribution is 2.15. The van der Waals surface area contributed by atoms with Crippen molar-refractivity contribution in [3.8, 4) is 0 Å². The number of fused-ring (bicyclic) bond motifs is 1. The first kappa shape index (κ1) is 19.5. The van der Waals surface area contributed by atoms with Gasteiger partial charge in [-0.3, -0.25) is 4.79 Å². The Kier molecular flexibility index (Phi) is 6.24. The fraction of sp³-hybridized carbons (Fsp3) is 0.562. The van der Waals surface area contributed by atoms with Crippen molar-refractivity contribution in [1.82, 2.24) is 24.2 Å². The smallest absolute Gasteiger partial charge is 0.237 e. The molecule has 1 amide bonds. The molecule has 0 aliphatic carbocycles. The van der Waals surface area contributed by atoms with Gasteiger partial charge in [-0.25, -0.2) is 22.6 Å². The van der Waals surface area contributed by atoms with Crippen molar-refractivity contribution in [1.29, 1.82) is 0 Å². The highest BCUT2D eigenvalue weighted by atomic mass is 32.2. The predicted octanol–water partition coefficient (Wildman–Crippen LogP) is -0.302. The van der Waals surface area contributed by atoms with Gasteiger partial charge in [-0.15, -0.1) is 5.10 Å². The molecule has 0 radical (unpaired) electrons.